The van der Waals surface area contributed by atoms with Crippen LogP contribution in [0.4, 0.5) is 0 Å². The molecule has 2 aliphatic heterocycles. The van der Waals surface area contributed by atoms with Crippen molar-refractivity contribution in [3.8, 4) is 5.75 Å². The Balaban J connectivity index is 1.64. The molecule has 0 aliphatic carbocycles. The van der Waals surface area contributed by atoms with Crippen LogP contribution < -0.4 is 15.4 Å². The topological polar surface area (TPSA) is 67.4 Å². The first-order valence-corrected chi connectivity index (χ1v) is 8.00. The van der Waals surface area contributed by atoms with E-state index >= 15 is 0 Å². The molecule has 1 aromatic carbocycles. The molecule has 2 N–H and O–H groups in total. The Bertz CT molecular complexity index is 591. The van der Waals surface area contributed by atoms with E-state index < -0.39 is 6.04 Å². The molecular weight excluding hydrogens is 304 g/mol. The van der Waals surface area contributed by atoms with Gasteiger partial charge >= 0.3 is 0 Å². The van der Waals surface area contributed by atoms with Crippen LogP contribution in [0.25, 0.3) is 0 Å². The number of carbonyl (C=O) groups excluding carboxylic acids is 2. The van der Waals surface area contributed by atoms with Crippen molar-refractivity contribution in [1.82, 2.24) is 10.6 Å². The molecule has 2 aliphatic rings. The molecule has 2 amide bonds. The van der Waals surface area contributed by atoms with Gasteiger partial charge in [0.05, 0.1) is 5.92 Å². The quantitative estimate of drug-likeness (QED) is 0.870. The minimum Gasteiger partial charge on any atom is -0.492 e. The fraction of sp³-hybridized carbons (Fsp3) is 0.500. The van der Waals surface area contributed by atoms with Crippen LogP contribution in [0.5, 0.6) is 5.75 Å². The van der Waals surface area contributed by atoms with Crippen LogP contribution in [0.1, 0.15) is 24.8 Å². The fourth-order valence-corrected chi connectivity index (χ4v) is 3.09. The summed E-state index contributed by atoms with van der Waals surface area (Å²) in [6.45, 7) is 1.01. The van der Waals surface area contributed by atoms with Gasteiger partial charge in [-0.15, -0.1) is 0 Å². The molecule has 22 heavy (non-hydrogen) atoms. The van der Waals surface area contributed by atoms with Crippen molar-refractivity contribution in [3.63, 3.8) is 0 Å². The Morgan fingerprint density at radius 1 is 1.36 bits per heavy atom. The van der Waals surface area contributed by atoms with Gasteiger partial charge in [-0.25, -0.2) is 0 Å². The average molecular weight is 323 g/mol. The van der Waals surface area contributed by atoms with Gasteiger partial charge in [0.2, 0.25) is 11.8 Å². The van der Waals surface area contributed by atoms with Gasteiger partial charge in [0.15, 0.2) is 0 Å². The zero-order valence-electron chi connectivity index (χ0n) is 12.2. The number of hydrogen-bond acceptors (Lipinski definition) is 3. The Hall–Kier alpha value is -1.75. The van der Waals surface area contributed by atoms with Gasteiger partial charge < -0.3 is 15.4 Å². The zero-order valence-corrected chi connectivity index (χ0v) is 13.0. The summed E-state index contributed by atoms with van der Waals surface area (Å²) in [6, 6.07) is 4.99. The molecule has 1 fully saturated rings. The van der Waals surface area contributed by atoms with Gasteiger partial charge in [0.25, 0.3) is 0 Å². The van der Waals surface area contributed by atoms with Crippen molar-refractivity contribution in [2.24, 2.45) is 5.92 Å². The Kier molecular flexibility index (Phi) is 4.52. The standard InChI is InChI=1S/C16H19ClN2O3/c17-12-4-5-14-10(8-12)7-11(9-22-14)15(20)19-13-3-1-2-6-18-16(13)21/h4-5,8,11,13H,1-3,6-7,9H2,(H,18,21)(H,19,20)/t11-,13+/m0/s1. The van der Waals surface area contributed by atoms with Crippen LogP contribution in [0, 0.1) is 5.92 Å². The monoisotopic (exact) mass is 322 g/mol. The van der Waals surface area contributed by atoms with E-state index in [1.165, 1.54) is 0 Å². The van der Waals surface area contributed by atoms with Gasteiger partial charge in [-0.2, -0.15) is 0 Å². The van der Waals surface area contributed by atoms with Crippen molar-refractivity contribution in [2.75, 3.05) is 13.2 Å². The fourth-order valence-electron chi connectivity index (χ4n) is 2.90. The van der Waals surface area contributed by atoms with E-state index in [1.807, 2.05) is 12.1 Å². The second-order valence-corrected chi connectivity index (χ2v) is 6.25. The highest BCUT2D eigenvalue weighted by molar-refractivity contribution is 6.30. The first-order chi connectivity index (χ1) is 10.6. The van der Waals surface area contributed by atoms with E-state index in [4.69, 9.17) is 16.3 Å². The molecule has 1 saturated heterocycles. The van der Waals surface area contributed by atoms with E-state index in [0.29, 0.717) is 31.0 Å². The minimum absolute atomic E-state index is 0.0916. The normalized spacial score (nSPS) is 24.5. The SMILES string of the molecule is O=C(N[C@@H]1CCCCNC1=O)[C@@H]1COc2ccc(Cl)cc2C1. The van der Waals surface area contributed by atoms with Crippen molar-refractivity contribution in [3.05, 3.63) is 28.8 Å². The lowest BCUT2D eigenvalue weighted by Crippen LogP contribution is -2.49. The molecule has 0 spiro atoms. The Labute approximate surface area is 134 Å². The van der Waals surface area contributed by atoms with Gasteiger partial charge in [0.1, 0.15) is 18.4 Å². The molecule has 0 aromatic heterocycles. The predicted octanol–water partition coefficient (Wildman–Crippen LogP) is 1.68. The molecule has 2 heterocycles. The lowest BCUT2D eigenvalue weighted by molar-refractivity contribution is -0.131. The zero-order chi connectivity index (χ0) is 15.5. The average Bonchev–Trinajstić information content (AvgIpc) is 2.71. The molecule has 2 atom stereocenters. The molecule has 0 radical (unpaired) electrons. The number of hydrogen-bond donors (Lipinski definition) is 2. The third-order valence-electron chi connectivity index (χ3n) is 4.15. The maximum Gasteiger partial charge on any atom is 0.242 e. The summed E-state index contributed by atoms with van der Waals surface area (Å²) in [7, 11) is 0. The first kappa shape index (κ1) is 15.2. The number of nitrogens with one attached hydrogen (secondary N) is 2. The van der Waals surface area contributed by atoms with E-state index in [-0.39, 0.29) is 17.7 Å². The van der Waals surface area contributed by atoms with E-state index in [1.54, 1.807) is 6.07 Å². The van der Waals surface area contributed by atoms with E-state index in [9.17, 15) is 9.59 Å². The van der Waals surface area contributed by atoms with Gasteiger partial charge in [0, 0.05) is 11.6 Å². The first-order valence-electron chi connectivity index (χ1n) is 7.63. The Morgan fingerprint density at radius 2 is 2.23 bits per heavy atom. The number of benzene rings is 1. The molecule has 5 nitrogen and oxygen atoms in total. The molecule has 0 unspecified atom stereocenters. The summed E-state index contributed by atoms with van der Waals surface area (Å²) in [6.07, 6.45) is 3.16. The molecule has 6 heteroatoms. The van der Waals surface area contributed by atoms with Crippen molar-refractivity contribution < 1.29 is 14.3 Å². The molecule has 3 rings (SSSR count). The summed E-state index contributed by atoms with van der Waals surface area (Å²) in [5.41, 5.74) is 0.934. The van der Waals surface area contributed by atoms with Crippen molar-refractivity contribution in [1.29, 1.82) is 0 Å². The van der Waals surface area contributed by atoms with Crippen LogP contribution >= 0.6 is 11.6 Å². The second-order valence-electron chi connectivity index (χ2n) is 5.81. The third kappa shape index (κ3) is 3.35. The second kappa shape index (κ2) is 6.57. The van der Waals surface area contributed by atoms with Crippen LogP contribution in [0.2, 0.25) is 5.02 Å². The smallest absolute Gasteiger partial charge is 0.242 e. The number of halogens is 1. The van der Waals surface area contributed by atoms with Gasteiger partial charge in [-0.1, -0.05) is 11.6 Å². The summed E-state index contributed by atoms with van der Waals surface area (Å²) >= 11 is 5.99. The summed E-state index contributed by atoms with van der Waals surface area (Å²) in [4.78, 5) is 24.3. The molecule has 0 bridgehead atoms. The van der Waals surface area contributed by atoms with Crippen molar-refractivity contribution in [2.45, 2.75) is 31.7 Å². The summed E-state index contributed by atoms with van der Waals surface area (Å²) in [5.74, 6) is 0.265. The summed E-state index contributed by atoms with van der Waals surface area (Å²) in [5, 5.41) is 6.31. The highest BCUT2D eigenvalue weighted by atomic mass is 35.5. The van der Waals surface area contributed by atoms with Gasteiger partial charge in [-0.05, 0) is 49.4 Å². The predicted molar refractivity (Wildman–Crippen MR) is 82.9 cm³/mol. The third-order valence-corrected chi connectivity index (χ3v) is 4.39. The number of amides is 2. The minimum atomic E-state index is -0.434. The maximum absolute atomic E-state index is 12.4. The maximum atomic E-state index is 12.4. The highest BCUT2D eigenvalue weighted by Crippen LogP contribution is 2.29. The largest absolute Gasteiger partial charge is 0.492 e. The highest BCUT2D eigenvalue weighted by Gasteiger charge is 2.30. The molecular formula is C16H19ClN2O3. The van der Waals surface area contributed by atoms with Crippen LogP contribution in [0.15, 0.2) is 18.2 Å². The number of fused-ring (bicyclic) bond motifs is 1. The molecule has 1 aromatic rings. The lowest BCUT2D eigenvalue weighted by atomic mass is 9.95. The molecule has 0 saturated carbocycles. The van der Waals surface area contributed by atoms with Crippen molar-refractivity contribution >= 4 is 23.4 Å². The van der Waals surface area contributed by atoms with Crippen LogP contribution in [-0.4, -0.2) is 31.0 Å². The summed E-state index contributed by atoms with van der Waals surface area (Å²) < 4.78 is 5.63. The van der Waals surface area contributed by atoms with E-state index in [0.717, 1.165) is 24.2 Å². The number of carbonyl (C=O) groups is 2. The van der Waals surface area contributed by atoms with Gasteiger partial charge in [-0.3, -0.25) is 9.59 Å². The van der Waals surface area contributed by atoms with Crippen LogP contribution in [-0.2, 0) is 16.0 Å². The number of ether oxygens (including phenoxy) is 1. The number of rotatable bonds is 2. The molecule has 118 valence electrons. The lowest BCUT2D eigenvalue weighted by Gasteiger charge is -2.26. The van der Waals surface area contributed by atoms with E-state index in [2.05, 4.69) is 10.6 Å². The Morgan fingerprint density at radius 3 is 3.09 bits per heavy atom. The van der Waals surface area contributed by atoms with Crippen LogP contribution in [0.3, 0.4) is 0 Å².